The summed E-state index contributed by atoms with van der Waals surface area (Å²) in [5, 5.41) is 20.8. The first-order valence-electron chi connectivity index (χ1n) is 9.51. The molecule has 2 heterocycles. The number of rotatable bonds is 7. The Morgan fingerprint density at radius 1 is 1.30 bits per heavy atom. The van der Waals surface area contributed by atoms with Crippen LogP contribution in [0, 0.1) is 6.92 Å². The van der Waals surface area contributed by atoms with Crippen molar-refractivity contribution in [2.24, 2.45) is 0 Å². The minimum Gasteiger partial charge on any atom is -0.455 e. The van der Waals surface area contributed by atoms with E-state index in [1.54, 1.807) is 39.1 Å². The largest absolute Gasteiger partial charge is 0.455 e. The molecule has 2 N–H and O–H groups in total. The molecule has 1 unspecified atom stereocenters. The summed E-state index contributed by atoms with van der Waals surface area (Å²) in [6, 6.07) is 9.49. The molecule has 1 atom stereocenters. The number of benzene rings is 1. The number of ether oxygens (including phenoxy) is 1. The first kappa shape index (κ1) is 21.3. The molecule has 158 valence electrons. The number of aryl methyl sites for hydroxylation is 1. The molecule has 2 aromatic heterocycles. The number of carbonyl (C=O) groups is 1. The van der Waals surface area contributed by atoms with E-state index in [4.69, 9.17) is 4.74 Å². The number of nitrogens with one attached hydrogen (secondary N) is 1. The van der Waals surface area contributed by atoms with Crippen LogP contribution in [-0.4, -0.2) is 36.2 Å². The van der Waals surface area contributed by atoms with E-state index in [2.05, 4.69) is 15.5 Å². The zero-order valence-corrected chi connectivity index (χ0v) is 17.4. The summed E-state index contributed by atoms with van der Waals surface area (Å²) in [6.45, 7) is 7.08. The number of carbonyl (C=O) groups excluding carboxylic acids is 1. The van der Waals surface area contributed by atoms with Gasteiger partial charge in [0.15, 0.2) is 11.6 Å². The van der Waals surface area contributed by atoms with Crippen molar-refractivity contribution in [3.63, 3.8) is 0 Å². The predicted octanol–water partition coefficient (Wildman–Crippen LogP) is 2.51. The third-order valence-electron chi connectivity index (χ3n) is 4.31. The highest BCUT2D eigenvalue weighted by Crippen LogP contribution is 2.23. The lowest BCUT2D eigenvalue weighted by Crippen LogP contribution is -2.33. The van der Waals surface area contributed by atoms with Crippen LogP contribution >= 0.6 is 0 Å². The van der Waals surface area contributed by atoms with E-state index in [0.29, 0.717) is 17.3 Å². The molecule has 3 rings (SSSR count). The van der Waals surface area contributed by atoms with Gasteiger partial charge in [0.05, 0.1) is 18.3 Å². The van der Waals surface area contributed by atoms with Crippen molar-refractivity contribution in [2.45, 2.75) is 45.9 Å². The van der Waals surface area contributed by atoms with Crippen molar-refractivity contribution < 1.29 is 14.6 Å². The standard InChI is InChI=1S/C21H25N5O4/c1-14-7-5-6-8-17(14)30-16-11-19(27)26(22-12-16)15(2)20(28)23-18-9-10-25(24-18)13-21(3,4)29/h5-12,15,29H,13H2,1-4H3,(H,23,24,28). The van der Waals surface area contributed by atoms with Gasteiger partial charge < -0.3 is 15.2 Å². The van der Waals surface area contributed by atoms with Gasteiger partial charge in [0, 0.05) is 18.3 Å². The zero-order valence-electron chi connectivity index (χ0n) is 17.4. The molecule has 9 nitrogen and oxygen atoms in total. The Morgan fingerprint density at radius 3 is 2.70 bits per heavy atom. The third kappa shape index (κ3) is 5.32. The Bertz CT molecular complexity index is 1100. The monoisotopic (exact) mass is 411 g/mol. The van der Waals surface area contributed by atoms with Gasteiger partial charge in [-0.3, -0.25) is 14.3 Å². The molecule has 0 radical (unpaired) electrons. The SMILES string of the molecule is Cc1ccccc1Oc1cnn(C(C)C(=O)Nc2ccn(CC(C)(C)O)n2)c(=O)c1. The van der Waals surface area contributed by atoms with Gasteiger partial charge in [-0.25, -0.2) is 4.68 Å². The van der Waals surface area contributed by atoms with E-state index >= 15 is 0 Å². The predicted molar refractivity (Wildman–Crippen MR) is 112 cm³/mol. The molecular formula is C21H25N5O4. The summed E-state index contributed by atoms with van der Waals surface area (Å²) in [4.78, 5) is 25.0. The van der Waals surface area contributed by atoms with Gasteiger partial charge >= 0.3 is 0 Å². The number of nitrogens with zero attached hydrogens (tertiary/aromatic N) is 4. The first-order valence-corrected chi connectivity index (χ1v) is 9.51. The number of aliphatic hydroxyl groups is 1. The Kier molecular flexibility index (Phi) is 6.02. The average molecular weight is 411 g/mol. The molecule has 0 aliphatic rings. The summed E-state index contributed by atoms with van der Waals surface area (Å²) in [7, 11) is 0. The van der Waals surface area contributed by atoms with E-state index in [9.17, 15) is 14.7 Å². The van der Waals surface area contributed by atoms with Crippen molar-refractivity contribution in [2.75, 3.05) is 5.32 Å². The van der Waals surface area contributed by atoms with Crippen molar-refractivity contribution in [1.82, 2.24) is 19.6 Å². The number of hydrogen-bond acceptors (Lipinski definition) is 6. The van der Waals surface area contributed by atoms with Crippen LogP contribution in [0.4, 0.5) is 5.82 Å². The van der Waals surface area contributed by atoms with E-state index in [-0.39, 0.29) is 6.54 Å². The zero-order chi connectivity index (χ0) is 21.9. The van der Waals surface area contributed by atoms with Crippen LogP contribution in [0.15, 0.2) is 53.6 Å². The van der Waals surface area contributed by atoms with Crippen molar-refractivity contribution in [3.05, 3.63) is 64.7 Å². The van der Waals surface area contributed by atoms with Crippen LogP contribution < -0.4 is 15.6 Å². The quantitative estimate of drug-likeness (QED) is 0.618. The second-order valence-electron chi connectivity index (χ2n) is 7.72. The highest BCUT2D eigenvalue weighted by molar-refractivity contribution is 5.92. The summed E-state index contributed by atoms with van der Waals surface area (Å²) in [5.74, 6) is 0.807. The lowest BCUT2D eigenvalue weighted by atomic mass is 10.1. The van der Waals surface area contributed by atoms with Gasteiger partial charge in [-0.15, -0.1) is 0 Å². The Morgan fingerprint density at radius 2 is 2.03 bits per heavy atom. The fourth-order valence-electron chi connectivity index (χ4n) is 2.80. The number of para-hydroxylation sites is 1. The number of aromatic nitrogens is 4. The molecule has 1 aromatic carbocycles. The minimum atomic E-state index is -0.931. The molecule has 0 aliphatic carbocycles. The van der Waals surface area contributed by atoms with E-state index in [0.717, 1.165) is 10.2 Å². The highest BCUT2D eigenvalue weighted by atomic mass is 16.5. The second-order valence-corrected chi connectivity index (χ2v) is 7.72. The molecule has 0 aliphatic heterocycles. The molecular weight excluding hydrogens is 386 g/mol. The Balaban J connectivity index is 1.69. The van der Waals surface area contributed by atoms with Gasteiger partial charge in [0.25, 0.3) is 5.56 Å². The van der Waals surface area contributed by atoms with Crippen LogP contribution in [0.3, 0.4) is 0 Å². The molecule has 3 aromatic rings. The summed E-state index contributed by atoms with van der Waals surface area (Å²) in [5.41, 5.74) is -0.463. The molecule has 0 spiro atoms. The topological polar surface area (TPSA) is 111 Å². The number of anilines is 1. The van der Waals surface area contributed by atoms with Crippen LogP contribution in [0.1, 0.15) is 32.4 Å². The van der Waals surface area contributed by atoms with Crippen molar-refractivity contribution in [1.29, 1.82) is 0 Å². The maximum Gasteiger partial charge on any atom is 0.271 e. The summed E-state index contributed by atoms with van der Waals surface area (Å²) >= 11 is 0. The highest BCUT2D eigenvalue weighted by Gasteiger charge is 2.20. The normalized spacial score (nSPS) is 12.4. The molecule has 0 saturated heterocycles. The van der Waals surface area contributed by atoms with Crippen molar-refractivity contribution in [3.8, 4) is 11.5 Å². The molecule has 0 saturated carbocycles. The minimum absolute atomic E-state index is 0.280. The van der Waals surface area contributed by atoms with E-state index in [1.165, 1.54) is 16.9 Å². The maximum absolute atomic E-state index is 12.5. The lowest BCUT2D eigenvalue weighted by molar-refractivity contribution is -0.119. The van der Waals surface area contributed by atoms with Gasteiger partial charge in [-0.1, -0.05) is 18.2 Å². The molecule has 0 fully saturated rings. The van der Waals surface area contributed by atoms with Crippen LogP contribution in [0.2, 0.25) is 0 Å². The molecule has 30 heavy (non-hydrogen) atoms. The maximum atomic E-state index is 12.5. The molecule has 1 amide bonds. The second kappa shape index (κ2) is 8.50. The first-order chi connectivity index (χ1) is 14.1. The smallest absolute Gasteiger partial charge is 0.271 e. The number of hydrogen-bond donors (Lipinski definition) is 2. The average Bonchev–Trinajstić information content (AvgIpc) is 3.08. The van der Waals surface area contributed by atoms with E-state index < -0.39 is 23.1 Å². The Labute approximate surface area is 173 Å². The van der Waals surface area contributed by atoms with Gasteiger partial charge in [-0.2, -0.15) is 10.2 Å². The molecule has 0 bridgehead atoms. The van der Waals surface area contributed by atoms with Crippen molar-refractivity contribution >= 4 is 11.7 Å². The van der Waals surface area contributed by atoms with Crippen LogP contribution in [0.25, 0.3) is 0 Å². The van der Waals surface area contributed by atoms with Crippen LogP contribution in [-0.2, 0) is 11.3 Å². The van der Waals surface area contributed by atoms with E-state index in [1.807, 2.05) is 25.1 Å². The van der Waals surface area contributed by atoms with Gasteiger partial charge in [0.1, 0.15) is 11.8 Å². The number of amides is 1. The fourth-order valence-corrected chi connectivity index (χ4v) is 2.80. The fraction of sp³-hybridized carbons (Fsp3) is 0.333. The molecule has 9 heteroatoms. The van der Waals surface area contributed by atoms with Gasteiger partial charge in [0.2, 0.25) is 5.91 Å². The third-order valence-corrected chi connectivity index (χ3v) is 4.31. The summed E-state index contributed by atoms with van der Waals surface area (Å²) in [6.07, 6.45) is 3.05. The lowest BCUT2D eigenvalue weighted by Gasteiger charge is -2.16. The summed E-state index contributed by atoms with van der Waals surface area (Å²) < 4.78 is 8.32. The van der Waals surface area contributed by atoms with Gasteiger partial charge in [-0.05, 0) is 39.3 Å². The van der Waals surface area contributed by atoms with Crippen LogP contribution in [0.5, 0.6) is 11.5 Å². The Hall–Kier alpha value is -3.46.